The molecular weight excluding hydrogens is 551 g/mol. The molecule has 0 bridgehead atoms. The smallest absolute Gasteiger partial charge is 0.349 e. The van der Waals surface area contributed by atoms with Crippen LogP contribution in [-0.2, 0) is 34.0 Å². The number of sulfonamides is 1. The van der Waals surface area contributed by atoms with Crippen LogP contribution in [0.25, 0.3) is 0 Å². The van der Waals surface area contributed by atoms with Crippen LogP contribution >= 0.6 is 0 Å². The molecule has 2 N–H and O–H groups in total. The van der Waals surface area contributed by atoms with Crippen LogP contribution in [0.3, 0.4) is 0 Å². The molecular formula is C31H34F3N3O3S. The second-order valence-corrected chi connectivity index (χ2v) is 12.6. The second-order valence-electron chi connectivity index (χ2n) is 10.8. The number of nitrogens with zero attached hydrogens (tertiary/aromatic N) is 1. The Labute approximate surface area is 239 Å². The molecule has 1 aliphatic heterocycles. The topological polar surface area (TPSA) is 78.5 Å². The van der Waals surface area contributed by atoms with Gasteiger partial charge in [0.1, 0.15) is 0 Å². The van der Waals surface area contributed by atoms with Crippen LogP contribution in [0.15, 0.2) is 77.7 Å². The zero-order valence-corrected chi connectivity index (χ0v) is 23.5. The van der Waals surface area contributed by atoms with Crippen LogP contribution in [0.5, 0.6) is 0 Å². The molecule has 3 aromatic rings. The van der Waals surface area contributed by atoms with E-state index in [2.05, 4.69) is 33.1 Å². The van der Waals surface area contributed by atoms with Crippen molar-refractivity contribution in [3.63, 3.8) is 0 Å². The molecule has 0 radical (unpaired) electrons. The molecule has 5 rings (SSSR count). The Hall–Kier alpha value is -3.21. The number of nitrogens with one attached hydrogen (secondary N) is 2. The maximum absolute atomic E-state index is 13.3. The van der Waals surface area contributed by atoms with Gasteiger partial charge in [-0.3, -0.25) is 9.69 Å². The van der Waals surface area contributed by atoms with Crippen molar-refractivity contribution in [1.29, 1.82) is 0 Å². The lowest BCUT2D eigenvalue weighted by atomic mass is 9.86. The van der Waals surface area contributed by atoms with E-state index >= 15 is 0 Å². The van der Waals surface area contributed by atoms with Crippen molar-refractivity contribution < 1.29 is 26.4 Å². The van der Waals surface area contributed by atoms with Crippen LogP contribution in [0, 0.1) is 0 Å². The fourth-order valence-corrected chi connectivity index (χ4v) is 7.03. The number of hydrogen-bond donors (Lipinski definition) is 2. The van der Waals surface area contributed by atoms with Crippen LogP contribution in [0.4, 0.5) is 13.2 Å². The maximum atomic E-state index is 13.3. The van der Waals surface area contributed by atoms with Crippen molar-refractivity contribution in [2.45, 2.75) is 68.2 Å². The van der Waals surface area contributed by atoms with Crippen molar-refractivity contribution in [2.24, 2.45) is 0 Å². The molecule has 41 heavy (non-hydrogen) atoms. The quantitative estimate of drug-likeness (QED) is 0.328. The number of aryl methyl sites for hydroxylation is 1. The number of carbonyl (C=O) groups excluding carboxylic acids is 1. The molecule has 6 nitrogen and oxygen atoms in total. The van der Waals surface area contributed by atoms with Crippen molar-refractivity contribution in [3.8, 4) is 0 Å². The average Bonchev–Trinajstić information content (AvgIpc) is 3.46. The van der Waals surface area contributed by atoms with Crippen molar-refractivity contribution in [2.75, 3.05) is 13.1 Å². The third kappa shape index (κ3) is 7.36. The number of carbonyl (C=O) groups is 1. The van der Waals surface area contributed by atoms with E-state index < -0.39 is 32.7 Å². The Kier molecular flexibility index (Phi) is 8.82. The van der Waals surface area contributed by atoms with E-state index in [1.54, 1.807) is 30.3 Å². The predicted octanol–water partition coefficient (Wildman–Crippen LogP) is 5.90. The minimum absolute atomic E-state index is 0.191. The number of likely N-dealkylation sites (tertiary alicyclic amines) is 1. The fourth-order valence-electron chi connectivity index (χ4n) is 5.76. The lowest BCUT2D eigenvalue weighted by molar-refractivity contribution is -0.137. The summed E-state index contributed by atoms with van der Waals surface area (Å²) in [6.45, 7) is 3.17. The summed E-state index contributed by atoms with van der Waals surface area (Å²) in [5.41, 5.74) is 3.05. The van der Waals surface area contributed by atoms with Crippen molar-refractivity contribution in [1.82, 2.24) is 14.9 Å². The highest BCUT2D eigenvalue weighted by Crippen LogP contribution is 2.33. The SMILES string of the molecule is O=C(C[C@@H](NS(=O)(=O)c1cccc(C(F)(F)F)c1)c1ccccc1)N[C@@H]1CCCc2cc(CN3CCCC3)ccc21. The Balaban J connectivity index is 1.31. The van der Waals surface area contributed by atoms with Gasteiger partial charge in [-0.25, -0.2) is 13.1 Å². The number of fused-ring (bicyclic) bond motifs is 1. The molecule has 3 aromatic carbocycles. The molecule has 218 valence electrons. The molecule has 1 saturated heterocycles. The Bertz CT molecular complexity index is 1470. The Morgan fingerprint density at radius 1 is 0.951 bits per heavy atom. The van der Waals surface area contributed by atoms with Crippen LogP contribution < -0.4 is 10.0 Å². The minimum Gasteiger partial charge on any atom is -0.349 e. The van der Waals surface area contributed by atoms with Gasteiger partial charge < -0.3 is 5.32 Å². The molecule has 10 heteroatoms. The summed E-state index contributed by atoms with van der Waals surface area (Å²) in [6, 6.07) is 17.4. The number of rotatable bonds is 9. The normalized spacial score (nSPS) is 18.6. The van der Waals surface area contributed by atoms with Gasteiger partial charge >= 0.3 is 6.18 Å². The van der Waals surface area contributed by atoms with E-state index in [1.165, 1.54) is 24.0 Å². The predicted molar refractivity (Wildman–Crippen MR) is 150 cm³/mol. The first kappa shape index (κ1) is 29.3. The van der Waals surface area contributed by atoms with E-state index in [0.717, 1.165) is 62.7 Å². The average molecular weight is 586 g/mol. The number of benzene rings is 3. The fraction of sp³-hybridized carbons (Fsp3) is 0.387. The minimum atomic E-state index is -4.69. The highest BCUT2D eigenvalue weighted by atomic mass is 32.2. The molecule has 1 amide bonds. The van der Waals surface area contributed by atoms with Crippen LogP contribution in [0.2, 0.25) is 0 Å². The first-order valence-corrected chi connectivity index (χ1v) is 15.4. The molecule has 0 spiro atoms. The third-order valence-electron chi connectivity index (χ3n) is 7.82. The maximum Gasteiger partial charge on any atom is 0.416 e. The van der Waals surface area contributed by atoms with Gasteiger partial charge in [0.05, 0.1) is 22.5 Å². The monoisotopic (exact) mass is 585 g/mol. The molecule has 0 aromatic heterocycles. The lowest BCUT2D eigenvalue weighted by Gasteiger charge is -2.28. The van der Waals surface area contributed by atoms with Gasteiger partial charge in [-0.2, -0.15) is 13.2 Å². The lowest BCUT2D eigenvalue weighted by Crippen LogP contribution is -2.36. The highest BCUT2D eigenvalue weighted by Gasteiger charge is 2.33. The first-order chi connectivity index (χ1) is 19.6. The van der Waals surface area contributed by atoms with E-state index in [-0.39, 0.29) is 18.4 Å². The standard InChI is InChI=1S/C31H34F3N3O3S/c32-31(33,34)25-11-7-12-26(19-25)41(39,40)36-29(23-8-2-1-3-9-23)20-30(38)35-28-13-6-10-24-18-22(14-15-27(24)28)21-37-16-4-5-17-37/h1-3,7-9,11-12,14-15,18-19,28-29,36H,4-6,10,13,16-17,20-21H2,(H,35,38)/t28-,29-/m1/s1. The second kappa shape index (κ2) is 12.3. The molecule has 1 fully saturated rings. The summed E-state index contributed by atoms with van der Waals surface area (Å²) in [5, 5.41) is 3.09. The van der Waals surface area contributed by atoms with Gasteiger partial charge in [0.25, 0.3) is 0 Å². The van der Waals surface area contributed by atoms with Crippen molar-refractivity contribution in [3.05, 3.63) is 101 Å². The summed E-state index contributed by atoms with van der Waals surface area (Å²) in [4.78, 5) is 15.2. The Morgan fingerprint density at radius 2 is 1.71 bits per heavy atom. The summed E-state index contributed by atoms with van der Waals surface area (Å²) in [7, 11) is -4.37. The highest BCUT2D eigenvalue weighted by molar-refractivity contribution is 7.89. The summed E-state index contributed by atoms with van der Waals surface area (Å²) in [6.07, 6.45) is 0.222. The van der Waals surface area contributed by atoms with Gasteiger partial charge in [-0.15, -0.1) is 0 Å². The van der Waals surface area contributed by atoms with E-state index in [9.17, 15) is 26.4 Å². The van der Waals surface area contributed by atoms with Gasteiger partial charge in [-0.05, 0) is 85.6 Å². The van der Waals surface area contributed by atoms with Gasteiger partial charge in [0.2, 0.25) is 15.9 Å². The number of amides is 1. The van der Waals surface area contributed by atoms with Crippen LogP contribution in [-0.4, -0.2) is 32.3 Å². The zero-order valence-electron chi connectivity index (χ0n) is 22.7. The third-order valence-corrected chi connectivity index (χ3v) is 9.29. The van der Waals surface area contributed by atoms with E-state index in [1.807, 2.05) is 0 Å². The van der Waals surface area contributed by atoms with E-state index in [0.29, 0.717) is 11.6 Å². The number of hydrogen-bond acceptors (Lipinski definition) is 4. The van der Waals surface area contributed by atoms with Gasteiger partial charge in [-0.1, -0.05) is 54.6 Å². The van der Waals surface area contributed by atoms with Crippen LogP contribution in [0.1, 0.15) is 72.0 Å². The molecule has 1 heterocycles. The first-order valence-electron chi connectivity index (χ1n) is 14.0. The summed E-state index contributed by atoms with van der Waals surface area (Å²) < 4.78 is 68.5. The van der Waals surface area contributed by atoms with Gasteiger partial charge in [0, 0.05) is 13.0 Å². The zero-order chi connectivity index (χ0) is 29.0. The van der Waals surface area contributed by atoms with Crippen molar-refractivity contribution >= 4 is 15.9 Å². The van der Waals surface area contributed by atoms with Gasteiger partial charge in [0.15, 0.2) is 0 Å². The number of halogens is 3. The molecule has 2 aliphatic rings. The Morgan fingerprint density at radius 3 is 2.44 bits per heavy atom. The molecule has 0 unspecified atom stereocenters. The summed E-state index contributed by atoms with van der Waals surface area (Å²) in [5.74, 6) is -0.343. The molecule has 2 atom stereocenters. The summed E-state index contributed by atoms with van der Waals surface area (Å²) >= 11 is 0. The largest absolute Gasteiger partial charge is 0.416 e. The molecule has 1 aliphatic carbocycles. The molecule has 0 saturated carbocycles. The number of alkyl halides is 3. The van der Waals surface area contributed by atoms with E-state index in [4.69, 9.17) is 0 Å².